The minimum atomic E-state index is 0.0952. The van der Waals surface area contributed by atoms with Crippen molar-refractivity contribution in [3.8, 4) is 11.1 Å². The van der Waals surface area contributed by atoms with Crippen LogP contribution in [0, 0.1) is 6.92 Å². The fourth-order valence-corrected chi connectivity index (χ4v) is 5.54. The third-order valence-corrected chi connectivity index (χ3v) is 8.08. The van der Waals surface area contributed by atoms with Gasteiger partial charge in [-0.05, 0) is 111 Å². The van der Waals surface area contributed by atoms with Gasteiger partial charge in [0.1, 0.15) is 0 Å². The van der Waals surface area contributed by atoms with Crippen LogP contribution in [0.4, 0.5) is 0 Å². The molecular formula is C35H42N2O. The summed E-state index contributed by atoms with van der Waals surface area (Å²) in [5.41, 5.74) is 17.8. The highest BCUT2D eigenvalue weighted by Gasteiger charge is 2.20. The summed E-state index contributed by atoms with van der Waals surface area (Å²) in [5, 5.41) is 3.64. The highest BCUT2D eigenvalue weighted by Crippen LogP contribution is 2.29. The lowest BCUT2D eigenvalue weighted by atomic mass is 9.90. The minimum Gasteiger partial charge on any atom is -0.382 e. The van der Waals surface area contributed by atoms with Gasteiger partial charge in [0, 0.05) is 23.3 Å². The summed E-state index contributed by atoms with van der Waals surface area (Å²) in [4.78, 5) is 12.0. The van der Waals surface area contributed by atoms with E-state index in [9.17, 15) is 4.79 Å². The number of carbonyl (C=O) groups is 1. The Hall–Kier alpha value is -3.43. The van der Waals surface area contributed by atoms with Gasteiger partial charge in [-0.1, -0.05) is 72.8 Å². The Balaban J connectivity index is 1.44. The van der Waals surface area contributed by atoms with Crippen molar-refractivity contribution in [1.82, 2.24) is 5.32 Å². The van der Waals surface area contributed by atoms with Crippen LogP contribution in [0.15, 0.2) is 78.9 Å². The normalized spacial score (nSPS) is 18.0. The molecule has 3 nitrogen and oxygen atoms in total. The molecule has 2 unspecified atom stereocenters. The van der Waals surface area contributed by atoms with Crippen LogP contribution in [0.25, 0.3) is 22.4 Å². The minimum absolute atomic E-state index is 0.0952. The molecule has 38 heavy (non-hydrogen) atoms. The number of hydrogen-bond donors (Lipinski definition) is 2. The number of benzene rings is 3. The van der Waals surface area contributed by atoms with Crippen molar-refractivity contribution in [2.24, 2.45) is 5.73 Å². The fraction of sp³-hybridized carbons (Fsp3) is 0.343. The van der Waals surface area contributed by atoms with E-state index in [1.165, 1.54) is 34.3 Å². The number of nitrogens with two attached hydrogens (primary N) is 1. The summed E-state index contributed by atoms with van der Waals surface area (Å²) in [6, 6.07) is 23.8. The Kier molecular flexibility index (Phi) is 9.01. The number of carbonyl (C=O) groups excluding carboxylic acids is 1. The van der Waals surface area contributed by atoms with Crippen LogP contribution in [0.2, 0.25) is 0 Å². The lowest BCUT2D eigenvalue weighted by Crippen LogP contribution is -2.38. The Morgan fingerprint density at radius 1 is 0.974 bits per heavy atom. The Labute approximate surface area is 228 Å². The Morgan fingerprint density at radius 3 is 2.42 bits per heavy atom. The molecule has 4 rings (SSSR count). The van der Waals surface area contributed by atoms with Crippen LogP contribution in [0.5, 0.6) is 0 Å². The quantitative estimate of drug-likeness (QED) is 0.288. The maximum atomic E-state index is 12.0. The van der Waals surface area contributed by atoms with E-state index in [0.29, 0.717) is 12.1 Å². The number of ketones is 1. The lowest BCUT2D eigenvalue weighted by molar-refractivity contribution is 0.101. The van der Waals surface area contributed by atoms with Crippen LogP contribution >= 0.6 is 0 Å². The van der Waals surface area contributed by atoms with Gasteiger partial charge < -0.3 is 11.1 Å². The predicted octanol–water partition coefficient (Wildman–Crippen LogP) is 8.12. The van der Waals surface area contributed by atoms with Gasteiger partial charge in [-0.3, -0.25) is 4.79 Å². The van der Waals surface area contributed by atoms with Crippen LogP contribution in [0.3, 0.4) is 0 Å². The second kappa shape index (κ2) is 12.4. The van der Waals surface area contributed by atoms with E-state index in [-0.39, 0.29) is 5.78 Å². The number of Topliss-reactive ketones (excluding diaryl/α,β-unsaturated/α-hetero) is 1. The van der Waals surface area contributed by atoms with Crippen LogP contribution in [0.1, 0.15) is 85.5 Å². The highest BCUT2D eigenvalue weighted by molar-refractivity contribution is 6.00. The zero-order valence-corrected chi connectivity index (χ0v) is 23.4. The maximum Gasteiger partial charge on any atom is 0.160 e. The second-order valence-corrected chi connectivity index (χ2v) is 11.0. The van der Waals surface area contributed by atoms with Gasteiger partial charge >= 0.3 is 0 Å². The van der Waals surface area contributed by atoms with Crippen molar-refractivity contribution in [2.75, 3.05) is 0 Å². The first-order valence-corrected chi connectivity index (χ1v) is 13.9. The fourth-order valence-electron chi connectivity index (χ4n) is 5.54. The van der Waals surface area contributed by atoms with Gasteiger partial charge in [-0.2, -0.15) is 0 Å². The number of hydrogen-bond acceptors (Lipinski definition) is 3. The van der Waals surface area contributed by atoms with Crippen LogP contribution < -0.4 is 11.1 Å². The molecule has 3 heteroatoms. The molecule has 0 heterocycles. The second-order valence-electron chi connectivity index (χ2n) is 11.0. The zero-order chi connectivity index (χ0) is 27.2. The van der Waals surface area contributed by atoms with Crippen molar-refractivity contribution in [2.45, 2.75) is 78.3 Å². The standard InChI is InChI=1S/C35H42N2O/c1-23(13-15-28-16-19-29(20-17-28)34-12-7-6-11-33(34)27(5)38)25(3)35-21-30(18-14-24(35)2)26(4)37-32-10-8-9-31(36)22-32/h6-7,11-12,14,16-21,31-32,37H,4,8-10,13,15,22,36H2,1-3,5H3/b25-23-. The first-order chi connectivity index (χ1) is 18.2. The van der Waals surface area contributed by atoms with E-state index in [4.69, 9.17) is 5.73 Å². The molecule has 0 spiro atoms. The third-order valence-electron chi connectivity index (χ3n) is 8.08. The summed E-state index contributed by atoms with van der Waals surface area (Å²) in [6.07, 6.45) is 6.46. The molecule has 0 aliphatic heterocycles. The first kappa shape index (κ1) is 27.6. The molecule has 3 N–H and O–H groups in total. The molecule has 0 aromatic heterocycles. The molecule has 0 radical (unpaired) electrons. The van der Waals surface area contributed by atoms with Crippen molar-refractivity contribution >= 4 is 17.1 Å². The summed E-state index contributed by atoms with van der Waals surface area (Å²) in [6.45, 7) is 12.6. The Morgan fingerprint density at radius 2 is 1.71 bits per heavy atom. The molecule has 0 saturated heterocycles. The highest BCUT2D eigenvalue weighted by atomic mass is 16.1. The molecule has 2 atom stereocenters. The first-order valence-electron chi connectivity index (χ1n) is 13.9. The molecule has 198 valence electrons. The maximum absolute atomic E-state index is 12.0. The van der Waals surface area contributed by atoms with E-state index in [1.54, 1.807) is 6.92 Å². The molecule has 1 saturated carbocycles. The molecular weight excluding hydrogens is 464 g/mol. The van der Waals surface area contributed by atoms with E-state index in [2.05, 4.69) is 75.1 Å². The predicted molar refractivity (Wildman–Crippen MR) is 162 cm³/mol. The summed E-state index contributed by atoms with van der Waals surface area (Å²) < 4.78 is 0. The van der Waals surface area contributed by atoms with E-state index >= 15 is 0 Å². The number of rotatable bonds is 9. The van der Waals surface area contributed by atoms with Gasteiger partial charge in [0.05, 0.1) is 0 Å². The Bertz CT molecular complexity index is 1330. The number of nitrogens with one attached hydrogen (secondary N) is 1. The van der Waals surface area contributed by atoms with Gasteiger partial charge in [0.25, 0.3) is 0 Å². The van der Waals surface area contributed by atoms with Crippen molar-refractivity contribution < 1.29 is 4.79 Å². The average Bonchev–Trinajstić information content (AvgIpc) is 2.92. The molecule has 1 aliphatic carbocycles. The number of allylic oxidation sites excluding steroid dienone is 2. The monoisotopic (exact) mass is 506 g/mol. The molecule has 3 aromatic carbocycles. The van der Waals surface area contributed by atoms with Crippen molar-refractivity contribution in [1.29, 1.82) is 0 Å². The molecule has 0 amide bonds. The van der Waals surface area contributed by atoms with Crippen LogP contribution in [-0.2, 0) is 6.42 Å². The summed E-state index contributed by atoms with van der Waals surface area (Å²) in [7, 11) is 0. The van der Waals surface area contributed by atoms with Gasteiger partial charge in [-0.25, -0.2) is 0 Å². The van der Waals surface area contributed by atoms with Crippen LogP contribution in [-0.4, -0.2) is 17.9 Å². The molecule has 1 aliphatic rings. The van der Waals surface area contributed by atoms with E-state index in [0.717, 1.165) is 60.1 Å². The van der Waals surface area contributed by atoms with Gasteiger partial charge in [0.2, 0.25) is 0 Å². The molecule has 1 fully saturated rings. The summed E-state index contributed by atoms with van der Waals surface area (Å²) in [5.74, 6) is 0.0952. The third kappa shape index (κ3) is 6.71. The van der Waals surface area contributed by atoms with E-state index < -0.39 is 0 Å². The lowest BCUT2D eigenvalue weighted by Gasteiger charge is -2.29. The smallest absolute Gasteiger partial charge is 0.160 e. The molecule has 3 aromatic rings. The van der Waals surface area contributed by atoms with Crippen molar-refractivity contribution in [3.05, 3.63) is 107 Å². The van der Waals surface area contributed by atoms with Gasteiger partial charge in [0.15, 0.2) is 5.78 Å². The average molecular weight is 507 g/mol. The van der Waals surface area contributed by atoms with Gasteiger partial charge in [-0.15, -0.1) is 0 Å². The zero-order valence-electron chi connectivity index (χ0n) is 23.4. The SMILES string of the molecule is C=C(NC1CCCC(N)C1)c1ccc(C)c(/C(C)=C(/C)CCc2ccc(-c3ccccc3C(C)=O)cc2)c1. The van der Waals surface area contributed by atoms with E-state index in [1.807, 2.05) is 24.3 Å². The molecule has 0 bridgehead atoms. The van der Waals surface area contributed by atoms with Crippen molar-refractivity contribution in [3.63, 3.8) is 0 Å². The number of aryl methyl sites for hydroxylation is 2. The topological polar surface area (TPSA) is 55.1 Å². The largest absolute Gasteiger partial charge is 0.382 e. The summed E-state index contributed by atoms with van der Waals surface area (Å²) >= 11 is 0.